The Labute approximate surface area is 366 Å². The SMILES string of the molecule is C#C[C@]1(COP(=O)(N[C@@H](Cc2ccccc2)C(=O)OCCCCCCCCCC)OCC(=O)OCCCCCCCCCC)O[C@@H](n2cnc3c(NC)nc(F)nc32)C[C@@H]1OC. The van der Waals surface area contributed by atoms with Gasteiger partial charge >= 0.3 is 25.8 Å². The van der Waals surface area contributed by atoms with E-state index >= 15 is 0 Å². The standard InChI is InChI=1S/C45H68FN6O9P/c1-6-9-11-13-15-17-19-24-28-57-39(53)32-59-62(55,51-36(30-35-26-22-21-23-27-35)43(54)58-29-25-20-18-16-14-12-10-7-2)60-33-45(8-3)37(56-5)31-38(61-45)52-34-48-40-41(47-4)49-44(46)50-42(40)52/h3,21-23,26-27,34,36-38H,6-7,9-20,24-25,28-33H2,1-2,4-5H3,(H,51,55)(H,47,49,50)/t36-,37-,38+,45+,62?/m0/s1. The molecule has 62 heavy (non-hydrogen) atoms. The monoisotopic (exact) mass is 886 g/mol. The van der Waals surface area contributed by atoms with Crippen LogP contribution in [0.2, 0.25) is 0 Å². The summed E-state index contributed by atoms with van der Waals surface area (Å²) in [5.74, 6) is 1.37. The summed E-state index contributed by atoms with van der Waals surface area (Å²) in [6, 6.07) is 7.94. The molecule has 1 unspecified atom stereocenters. The average Bonchev–Trinajstić information content (AvgIpc) is 3.88. The Morgan fingerprint density at radius 3 is 2.15 bits per heavy atom. The van der Waals surface area contributed by atoms with Gasteiger partial charge in [0, 0.05) is 20.6 Å². The van der Waals surface area contributed by atoms with Crippen LogP contribution in [0.1, 0.15) is 135 Å². The highest BCUT2D eigenvalue weighted by atomic mass is 31.2. The van der Waals surface area contributed by atoms with E-state index in [1.165, 1.54) is 69.4 Å². The van der Waals surface area contributed by atoms with E-state index < -0.39 is 63.0 Å². The Balaban J connectivity index is 1.50. The Morgan fingerprint density at radius 2 is 1.55 bits per heavy atom. The van der Waals surface area contributed by atoms with Gasteiger partial charge in [0.1, 0.15) is 25.0 Å². The first-order valence-electron chi connectivity index (χ1n) is 22.4. The minimum Gasteiger partial charge on any atom is -0.465 e. The third-order valence-electron chi connectivity index (χ3n) is 10.9. The van der Waals surface area contributed by atoms with Crippen LogP contribution in [0.3, 0.4) is 0 Å². The van der Waals surface area contributed by atoms with Crippen LogP contribution in [0.4, 0.5) is 10.2 Å². The van der Waals surface area contributed by atoms with Crippen LogP contribution in [0.5, 0.6) is 0 Å². The second-order valence-corrected chi connectivity index (χ2v) is 17.5. The number of nitrogens with one attached hydrogen (secondary N) is 2. The molecule has 17 heteroatoms. The second kappa shape index (κ2) is 27.3. The zero-order chi connectivity index (χ0) is 44.6. The molecule has 5 atom stereocenters. The number of fused-ring (bicyclic) bond motifs is 1. The van der Waals surface area contributed by atoms with Crippen molar-refractivity contribution >= 4 is 36.7 Å². The van der Waals surface area contributed by atoms with E-state index in [2.05, 4.69) is 45.1 Å². The van der Waals surface area contributed by atoms with Crippen molar-refractivity contribution in [2.45, 2.75) is 153 Å². The van der Waals surface area contributed by atoms with Crippen molar-refractivity contribution in [3.63, 3.8) is 0 Å². The molecule has 3 aromatic rings. The van der Waals surface area contributed by atoms with Gasteiger partial charge in [0.05, 0.1) is 19.5 Å². The molecule has 3 heterocycles. The lowest BCUT2D eigenvalue weighted by molar-refractivity contribution is -0.146. The van der Waals surface area contributed by atoms with Crippen LogP contribution in [0, 0.1) is 18.4 Å². The highest BCUT2D eigenvalue weighted by Gasteiger charge is 2.51. The predicted octanol–water partition coefficient (Wildman–Crippen LogP) is 9.02. The molecular weight excluding hydrogens is 818 g/mol. The number of rotatable bonds is 32. The normalized spacial score (nSPS) is 18.9. The summed E-state index contributed by atoms with van der Waals surface area (Å²) in [6.07, 6.45) is 22.2. The van der Waals surface area contributed by atoms with Crippen molar-refractivity contribution in [3.05, 3.63) is 48.3 Å². The fourth-order valence-corrected chi connectivity index (χ4v) is 8.83. The number of aromatic nitrogens is 4. The van der Waals surface area contributed by atoms with Crippen LogP contribution in [-0.4, -0.2) is 89.8 Å². The maximum Gasteiger partial charge on any atom is 0.406 e. The van der Waals surface area contributed by atoms with Crippen molar-refractivity contribution in [2.75, 3.05) is 45.9 Å². The van der Waals surface area contributed by atoms with E-state index in [4.69, 9.17) is 34.4 Å². The van der Waals surface area contributed by atoms with Crippen LogP contribution in [0.15, 0.2) is 36.7 Å². The number of unbranched alkanes of at least 4 members (excludes halogenated alkanes) is 14. The molecule has 1 aromatic carbocycles. The van der Waals surface area contributed by atoms with Crippen LogP contribution >= 0.6 is 7.75 Å². The highest BCUT2D eigenvalue weighted by molar-refractivity contribution is 7.51. The van der Waals surface area contributed by atoms with Crippen LogP contribution in [-0.2, 0) is 48.6 Å². The number of anilines is 1. The third-order valence-corrected chi connectivity index (χ3v) is 12.5. The van der Waals surface area contributed by atoms with Gasteiger partial charge in [0.15, 0.2) is 29.2 Å². The fourth-order valence-electron chi connectivity index (χ4n) is 7.39. The number of ether oxygens (including phenoxy) is 4. The fraction of sp³-hybridized carbons (Fsp3) is 0.667. The van der Waals surface area contributed by atoms with E-state index in [0.29, 0.717) is 18.4 Å². The zero-order valence-electron chi connectivity index (χ0n) is 37.1. The minimum absolute atomic E-state index is 0.0664. The Bertz CT molecular complexity index is 1880. The average molecular weight is 887 g/mol. The summed E-state index contributed by atoms with van der Waals surface area (Å²) >= 11 is 0. The number of terminal acetylenes is 1. The van der Waals surface area contributed by atoms with Gasteiger partial charge in [-0.3, -0.25) is 18.4 Å². The number of benzene rings is 1. The van der Waals surface area contributed by atoms with Gasteiger partial charge in [0.25, 0.3) is 0 Å². The largest absolute Gasteiger partial charge is 0.465 e. The number of nitrogens with zero attached hydrogens (tertiary/aromatic N) is 4. The van der Waals surface area contributed by atoms with Crippen molar-refractivity contribution < 1.29 is 46.5 Å². The number of imidazole rings is 1. The third kappa shape index (κ3) is 16.0. The van der Waals surface area contributed by atoms with E-state index in [0.717, 1.165) is 44.1 Å². The first-order valence-corrected chi connectivity index (χ1v) is 23.9. The number of hydrogen-bond acceptors (Lipinski definition) is 13. The lowest BCUT2D eigenvalue weighted by Gasteiger charge is -2.31. The van der Waals surface area contributed by atoms with Crippen molar-refractivity contribution in [3.8, 4) is 12.3 Å². The number of halogens is 1. The maximum absolute atomic E-state index is 14.9. The molecule has 1 aliphatic rings. The first kappa shape index (κ1) is 50.7. The number of methoxy groups -OCH3 is 1. The molecule has 1 saturated heterocycles. The summed E-state index contributed by atoms with van der Waals surface area (Å²) in [6.45, 7) is 3.41. The molecule has 1 fully saturated rings. The lowest BCUT2D eigenvalue weighted by Crippen LogP contribution is -2.45. The molecule has 0 aliphatic carbocycles. The molecule has 2 aromatic heterocycles. The van der Waals surface area contributed by atoms with Gasteiger partial charge in [0.2, 0.25) is 0 Å². The molecule has 0 spiro atoms. The number of carbonyl (C=O) groups excluding carboxylic acids is 2. The molecule has 0 radical (unpaired) electrons. The summed E-state index contributed by atoms with van der Waals surface area (Å²) < 4.78 is 66.0. The van der Waals surface area contributed by atoms with E-state index in [9.17, 15) is 18.5 Å². The van der Waals surface area contributed by atoms with Gasteiger partial charge in [-0.05, 0) is 24.8 Å². The van der Waals surface area contributed by atoms with Gasteiger partial charge < -0.3 is 24.3 Å². The molecular formula is C45H68FN6O9P. The summed E-state index contributed by atoms with van der Waals surface area (Å²) in [5, 5.41) is 5.59. The predicted molar refractivity (Wildman–Crippen MR) is 236 cm³/mol. The summed E-state index contributed by atoms with van der Waals surface area (Å²) in [4.78, 5) is 38.8. The van der Waals surface area contributed by atoms with Gasteiger partial charge in [-0.25, -0.2) is 19.4 Å². The number of carbonyl (C=O) groups is 2. The Kier molecular flexibility index (Phi) is 22.3. The molecule has 2 N–H and O–H groups in total. The van der Waals surface area contributed by atoms with Crippen LogP contribution < -0.4 is 10.4 Å². The van der Waals surface area contributed by atoms with E-state index in [-0.39, 0.29) is 37.5 Å². The molecule has 4 rings (SSSR count). The highest BCUT2D eigenvalue weighted by Crippen LogP contribution is 2.48. The molecule has 0 bridgehead atoms. The zero-order valence-corrected chi connectivity index (χ0v) is 38.0. The minimum atomic E-state index is -4.61. The van der Waals surface area contributed by atoms with Crippen molar-refractivity contribution in [1.82, 2.24) is 24.6 Å². The molecule has 15 nitrogen and oxygen atoms in total. The van der Waals surface area contributed by atoms with Gasteiger partial charge in [-0.1, -0.05) is 140 Å². The molecule has 344 valence electrons. The molecule has 0 saturated carbocycles. The molecule has 1 aliphatic heterocycles. The lowest BCUT2D eigenvalue weighted by atomic mass is 9.99. The van der Waals surface area contributed by atoms with E-state index in [1.54, 1.807) is 7.05 Å². The quantitative estimate of drug-likeness (QED) is 0.0200. The number of hydrogen-bond donors (Lipinski definition) is 2. The maximum atomic E-state index is 14.9. The first-order chi connectivity index (χ1) is 30.1. The van der Waals surface area contributed by atoms with Gasteiger partial charge in [-0.2, -0.15) is 14.4 Å². The smallest absolute Gasteiger partial charge is 0.406 e. The Hall–Kier alpha value is -3.97. The van der Waals surface area contributed by atoms with Crippen molar-refractivity contribution in [2.24, 2.45) is 0 Å². The Morgan fingerprint density at radius 1 is 0.935 bits per heavy atom. The summed E-state index contributed by atoms with van der Waals surface area (Å²) in [5.41, 5.74) is -0.486. The number of esters is 2. The van der Waals surface area contributed by atoms with Crippen LogP contribution in [0.25, 0.3) is 11.2 Å². The second-order valence-electron chi connectivity index (χ2n) is 15.7. The van der Waals surface area contributed by atoms with Gasteiger partial charge in [-0.15, -0.1) is 6.42 Å². The summed E-state index contributed by atoms with van der Waals surface area (Å²) in [7, 11) is -1.59. The van der Waals surface area contributed by atoms with Crippen molar-refractivity contribution in [1.29, 1.82) is 0 Å². The van der Waals surface area contributed by atoms with E-state index in [1.807, 2.05) is 30.3 Å². The molecule has 0 amide bonds. The topological polar surface area (TPSA) is 174 Å².